The van der Waals surface area contributed by atoms with Crippen molar-refractivity contribution >= 4 is 15.6 Å². The molecule has 0 aliphatic rings. The fourth-order valence-electron chi connectivity index (χ4n) is 1.28. The maximum atomic E-state index is 11.6. The molecule has 4 nitrogen and oxygen atoms in total. The Labute approximate surface area is 95.4 Å². The quantitative estimate of drug-likeness (QED) is 0.741. The minimum absolute atomic E-state index is 0.0257. The number of rotatable bonds is 6. The standard InChI is InChI=1S/C11H15NO3S/c12-7-4-8-16(14,15)9-11(13)10-5-2-1-3-6-10/h1-3,5-6H,4,7-9,12H2. The molecular formula is C11H15NO3S. The summed E-state index contributed by atoms with van der Waals surface area (Å²) in [5, 5.41) is 0. The van der Waals surface area contributed by atoms with E-state index < -0.39 is 15.6 Å². The molecule has 0 aromatic heterocycles. The Morgan fingerprint density at radius 3 is 2.38 bits per heavy atom. The zero-order valence-corrected chi connectivity index (χ0v) is 9.74. The van der Waals surface area contributed by atoms with Gasteiger partial charge in [-0.15, -0.1) is 0 Å². The molecule has 0 fully saturated rings. The molecular weight excluding hydrogens is 226 g/mol. The van der Waals surface area contributed by atoms with E-state index in [1.165, 1.54) is 0 Å². The molecule has 0 aliphatic heterocycles. The highest BCUT2D eigenvalue weighted by atomic mass is 32.2. The van der Waals surface area contributed by atoms with Crippen LogP contribution in [0.1, 0.15) is 16.8 Å². The van der Waals surface area contributed by atoms with Crippen molar-refractivity contribution in [3.8, 4) is 0 Å². The highest BCUT2D eigenvalue weighted by Gasteiger charge is 2.16. The number of carbonyl (C=O) groups is 1. The normalized spacial score (nSPS) is 11.3. The van der Waals surface area contributed by atoms with E-state index in [9.17, 15) is 13.2 Å². The van der Waals surface area contributed by atoms with Crippen molar-refractivity contribution in [3.05, 3.63) is 35.9 Å². The molecule has 0 radical (unpaired) electrons. The van der Waals surface area contributed by atoms with Crippen molar-refractivity contribution in [2.24, 2.45) is 5.73 Å². The Bertz CT molecular complexity index is 440. The zero-order chi connectivity index (χ0) is 12.0. The van der Waals surface area contributed by atoms with E-state index in [0.29, 0.717) is 18.5 Å². The molecule has 5 heteroatoms. The molecule has 16 heavy (non-hydrogen) atoms. The molecule has 1 rings (SSSR count). The van der Waals surface area contributed by atoms with Crippen molar-refractivity contribution in [2.75, 3.05) is 18.1 Å². The highest BCUT2D eigenvalue weighted by Crippen LogP contribution is 2.03. The van der Waals surface area contributed by atoms with E-state index in [0.717, 1.165) is 0 Å². The van der Waals surface area contributed by atoms with Crippen LogP contribution in [0.25, 0.3) is 0 Å². The summed E-state index contributed by atoms with van der Waals surface area (Å²) in [5.41, 5.74) is 5.66. The minimum atomic E-state index is -3.32. The van der Waals surface area contributed by atoms with Crippen molar-refractivity contribution in [2.45, 2.75) is 6.42 Å². The van der Waals surface area contributed by atoms with Gasteiger partial charge in [-0.3, -0.25) is 4.79 Å². The summed E-state index contributed by atoms with van der Waals surface area (Å²) in [5.74, 6) is -0.823. The maximum absolute atomic E-state index is 11.6. The van der Waals surface area contributed by atoms with Crippen LogP contribution in [0.4, 0.5) is 0 Å². The summed E-state index contributed by atoms with van der Waals surface area (Å²) in [4.78, 5) is 11.6. The van der Waals surface area contributed by atoms with E-state index in [4.69, 9.17) is 5.73 Å². The molecule has 0 amide bonds. The highest BCUT2D eigenvalue weighted by molar-refractivity contribution is 7.92. The van der Waals surface area contributed by atoms with Crippen LogP contribution in [-0.2, 0) is 9.84 Å². The van der Waals surface area contributed by atoms with Crippen LogP contribution in [0, 0.1) is 0 Å². The number of sulfone groups is 1. The van der Waals surface area contributed by atoms with Crippen molar-refractivity contribution in [3.63, 3.8) is 0 Å². The van der Waals surface area contributed by atoms with E-state index in [-0.39, 0.29) is 11.5 Å². The van der Waals surface area contributed by atoms with Crippen LogP contribution >= 0.6 is 0 Å². The summed E-state index contributed by atoms with van der Waals surface area (Å²) in [7, 11) is -3.32. The Kier molecular flexibility index (Phi) is 4.64. The average molecular weight is 241 g/mol. The third-order valence-corrected chi connectivity index (χ3v) is 3.72. The van der Waals surface area contributed by atoms with Crippen LogP contribution in [-0.4, -0.2) is 32.3 Å². The van der Waals surface area contributed by atoms with E-state index in [2.05, 4.69) is 0 Å². The van der Waals surface area contributed by atoms with Gasteiger partial charge in [0, 0.05) is 5.56 Å². The number of nitrogens with two attached hydrogens (primary N) is 1. The smallest absolute Gasteiger partial charge is 0.177 e. The maximum Gasteiger partial charge on any atom is 0.177 e. The van der Waals surface area contributed by atoms with Gasteiger partial charge in [0.1, 0.15) is 5.75 Å². The van der Waals surface area contributed by atoms with Crippen LogP contribution in [0.3, 0.4) is 0 Å². The first-order valence-electron chi connectivity index (χ1n) is 5.04. The number of Topliss-reactive ketones (excluding diaryl/α,β-unsaturated/α-hetero) is 1. The van der Waals surface area contributed by atoms with Gasteiger partial charge in [0.15, 0.2) is 15.6 Å². The molecule has 88 valence electrons. The first kappa shape index (κ1) is 12.9. The topological polar surface area (TPSA) is 77.2 Å². The molecule has 1 aromatic rings. The van der Waals surface area contributed by atoms with Gasteiger partial charge < -0.3 is 5.73 Å². The third kappa shape index (κ3) is 4.12. The molecule has 1 aromatic carbocycles. The molecule has 0 heterocycles. The number of hydrogen-bond donors (Lipinski definition) is 1. The molecule has 2 N–H and O–H groups in total. The lowest BCUT2D eigenvalue weighted by Crippen LogP contribution is -2.20. The minimum Gasteiger partial charge on any atom is -0.330 e. The summed E-state index contributed by atoms with van der Waals surface area (Å²) < 4.78 is 23.0. The number of carbonyl (C=O) groups excluding carboxylic acids is 1. The monoisotopic (exact) mass is 241 g/mol. The zero-order valence-electron chi connectivity index (χ0n) is 8.93. The third-order valence-electron chi connectivity index (χ3n) is 2.11. The molecule has 0 bridgehead atoms. The van der Waals surface area contributed by atoms with E-state index in [1.54, 1.807) is 30.3 Å². The molecule has 0 unspecified atom stereocenters. The number of ketones is 1. The number of hydrogen-bond acceptors (Lipinski definition) is 4. The van der Waals surface area contributed by atoms with Crippen LogP contribution in [0.15, 0.2) is 30.3 Å². The van der Waals surface area contributed by atoms with Gasteiger partial charge in [-0.05, 0) is 13.0 Å². The predicted octanol–water partition coefficient (Wildman–Crippen LogP) is 0.633. The van der Waals surface area contributed by atoms with E-state index in [1.807, 2.05) is 0 Å². The summed E-state index contributed by atoms with van der Waals surface area (Å²) >= 11 is 0. The van der Waals surface area contributed by atoms with Crippen molar-refractivity contribution < 1.29 is 13.2 Å². The predicted molar refractivity (Wildman–Crippen MR) is 63.1 cm³/mol. The Hall–Kier alpha value is -1.20. The van der Waals surface area contributed by atoms with Crippen LogP contribution in [0.2, 0.25) is 0 Å². The molecule has 0 aliphatic carbocycles. The van der Waals surface area contributed by atoms with Gasteiger partial charge in [-0.2, -0.15) is 0 Å². The second-order valence-electron chi connectivity index (χ2n) is 3.52. The van der Waals surface area contributed by atoms with Gasteiger partial charge in [-0.1, -0.05) is 30.3 Å². The fraction of sp³-hybridized carbons (Fsp3) is 0.364. The Morgan fingerprint density at radius 2 is 1.81 bits per heavy atom. The lowest BCUT2D eigenvalue weighted by atomic mass is 10.2. The SMILES string of the molecule is NCCCS(=O)(=O)CC(=O)c1ccccc1. The van der Waals surface area contributed by atoms with Crippen LogP contribution < -0.4 is 5.73 Å². The largest absolute Gasteiger partial charge is 0.330 e. The first-order valence-corrected chi connectivity index (χ1v) is 6.86. The van der Waals surface area contributed by atoms with Crippen molar-refractivity contribution in [1.82, 2.24) is 0 Å². The average Bonchev–Trinajstić information content (AvgIpc) is 2.27. The van der Waals surface area contributed by atoms with Gasteiger partial charge >= 0.3 is 0 Å². The van der Waals surface area contributed by atoms with Gasteiger partial charge in [-0.25, -0.2) is 8.42 Å². The van der Waals surface area contributed by atoms with Crippen molar-refractivity contribution in [1.29, 1.82) is 0 Å². The lowest BCUT2D eigenvalue weighted by molar-refractivity contribution is 0.102. The molecule has 0 saturated heterocycles. The van der Waals surface area contributed by atoms with Gasteiger partial charge in [0.2, 0.25) is 0 Å². The Morgan fingerprint density at radius 1 is 1.19 bits per heavy atom. The van der Waals surface area contributed by atoms with E-state index >= 15 is 0 Å². The summed E-state index contributed by atoms with van der Waals surface area (Å²) in [6.45, 7) is 0.318. The second-order valence-corrected chi connectivity index (χ2v) is 5.71. The molecule has 0 spiro atoms. The molecule has 0 saturated carbocycles. The first-order chi connectivity index (χ1) is 7.55. The summed E-state index contributed by atoms with van der Waals surface area (Å²) in [6.07, 6.45) is 0.393. The second kappa shape index (κ2) is 5.77. The lowest BCUT2D eigenvalue weighted by Gasteiger charge is -2.02. The van der Waals surface area contributed by atoms with Gasteiger partial charge in [0.25, 0.3) is 0 Å². The van der Waals surface area contributed by atoms with Crippen LogP contribution in [0.5, 0.6) is 0 Å². The Balaban J connectivity index is 2.65. The van der Waals surface area contributed by atoms with Gasteiger partial charge in [0.05, 0.1) is 5.75 Å². The summed E-state index contributed by atoms with van der Waals surface area (Å²) in [6, 6.07) is 8.42. The number of benzene rings is 1. The molecule has 0 atom stereocenters. The fourth-order valence-corrected chi connectivity index (χ4v) is 2.60.